The number of fused-ring (bicyclic) bond motifs is 1. The molecule has 0 bridgehead atoms. The summed E-state index contributed by atoms with van der Waals surface area (Å²) < 4.78 is 37.5. The van der Waals surface area contributed by atoms with Gasteiger partial charge < -0.3 is 38.1 Å². The Morgan fingerprint density at radius 2 is 1.52 bits per heavy atom. The molecule has 1 aliphatic rings. The molecule has 1 saturated heterocycles. The Bertz CT molecular complexity index is 2790. The summed E-state index contributed by atoms with van der Waals surface area (Å²) in [6.07, 6.45) is -3.39. The average molecular weight is 895 g/mol. The van der Waals surface area contributed by atoms with Gasteiger partial charge in [-0.3, -0.25) is 15.3 Å². The van der Waals surface area contributed by atoms with E-state index in [0.717, 1.165) is 21.6 Å². The lowest BCUT2D eigenvalue weighted by Crippen LogP contribution is -2.47. The van der Waals surface area contributed by atoms with Gasteiger partial charge in [-0.2, -0.15) is 15.5 Å². The number of nitrogens with zero attached hydrogens (tertiary/aromatic N) is 6. The predicted molar refractivity (Wildman–Crippen MR) is 240 cm³/mol. The van der Waals surface area contributed by atoms with Gasteiger partial charge in [-0.25, -0.2) is 19.3 Å². The first kappa shape index (κ1) is 46.0. The molecule has 4 aromatic carbocycles. The normalized spacial score (nSPS) is 15.6. The zero-order valence-electron chi connectivity index (χ0n) is 36.2. The standard InChI is InChI=1S/C48H46N8O10/c1-54-39(31-10-7-13-36(26-31)56(47(60)64-25-9-23-50)44(51)53-46(59)63-24-8-22-49)27-32-29-55(45(58)52-43(32)54)42-28-40(57)41(66-42)30-65-48(33-11-5-4-6-12-33,34-14-18-37(61-2)19-15-34)35-16-20-38(62-3)21-17-35/h4-7,10-21,26-27,29,40-42,57H,8-9,24-25,28,30H2,1-3H3,(H2,51,53,59)/t40-,41+,42+/m0/s1. The topological polar surface area (TPSA) is 236 Å². The number of aliphatic hydroxyl groups excluding tert-OH is 1. The fourth-order valence-electron chi connectivity index (χ4n) is 7.76. The second-order valence-corrected chi connectivity index (χ2v) is 15.0. The summed E-state index contributed by atoms with van der Waals surface area (Å²) in [4.78, 5) is 44.5. The molecule has 2 amide bonds. The van der Waals surface area contributed by atoms with Gasteiger partial charge in [0.2, 0.25) is 5.96 Å². The number of hydrogen-bond donors (Lipinski definition) is 3. The zero-order chi connectivity index (χ0) is 46.8. The number of ether oxygens (including phenoxy) is 6. The second kappa shape index (κ2) is 20.6. The number of guanidine groups is 1. The Kier molecular flexibility index (Phi) is 14.4. The van der Waals surface area contributed by atoms with Crippen LogP contribution < -0.4 is 25.4 Å². The maximum Gasteiger partial charge on any atom is 0.421 e. The quantitative estimate of drug-likeness (QED) is 0.0432. The molecule has 2 aromatic heterocycles. The largest absolute Gasteiger partial charge is 0.497 e. The highest BCUT2D eigenvalue weighted by Crippen LogP contribution is 2.43. The van der Waals surface area contributed by atoms with E-state index in [-0.39, 0.29) is 44.8 Å². The van der Waals surface area contributed by atoms with Crippen LogP contribution in [0.1, 0.15) is 42.2 Å². The third-order valence-electron chi connectivity index (χ3n) is 11.0. The summed E-state index contributed by atoms with van der Waals surface area (Å²) in [6, 6.07) is 36.8. The Labute approximate surface area is 379 Å². The minimum atomic E-state index is -1.17. The lowest BCUT2D eigenvalue weighted by atomic mass is 9.80. The van der Waals surface area contributed by atoms with Crippen molar-refractivity contribution in [2.45, 2.75) is 43.3 Å². The Hall–Kier alpha value is -8.03. The van der Waals surface area contributed by atoms with E-state index in [4.69, 9.17) is 44.4 Å². The zero-order valence-corrected chi connectivity index (χ0v) is 36.2. The molecule has 338 valence electrons. The van der Waals surface area contributed by atoms with Crippen LogP contribution in [0.5, 0.6) is 11.5 Å². The molecule has 3 N–H and O–H groups in total. The number of amides is 2. The van der Waals surface area contributed by atoms with Gasteiger partial charge in [-0.15, -0.1) is 0 Å². The number of nitriles is 2. The van der Waals surface area contributed by atoms with Crippen LogP contribution in [0.25, 0.3) is 22.3 Å². The van der Waals surface area contributed by atoms with Crippen molar-refractivity contribution in [1.82, 2.24) is 19.4 Å². The molecule has 3 atom stereocenters. The minimum Gasteiger partial charge on any atom is -0.497 e. The molecule has 0 saturated carbocycles. The molecule has 18 nitrogen and oxygen atoms in total. The van der Waals surface area contributed by atoms with Gasteiger partial charge in [0.15, 0.2) is 0 Å². The van der Waals surface area contributed by atoms with Gasteiger partial charge in [0.1, 0.15) is 48.3 Å². The van der Waals surface area contributed by atoms with Gasteiger partial charge in [0, 0.05) is 30.6 Å². The third kappa shape index (κ3) is 9.71. The molecule has 18 heteroatoms. The molecule has 1 fully saturated rings. The van der Waals surface area contributed by atoms with Crippen molar-refractivity contribution in [1.29, 1.82) is 15.9 Å². The molecular formula is C48H46N8O10. The highest BCUT2D eigenvalue weighted by atomic mass is 16.6. The Balaban J connectivity index is 1.16. The van der Waals surface area contributed by atoms with Crippen LogP contribution in [0.15, 0.2) is 120 Å². The fourth-order valence-corrected chi connectivity index (χ4v) is 7.76. The highest BCUT2D eigenvalue weighted by molar-refractivity contribution is 6.16. The number of hydrogen-bond acceptors (Lipinski definition) is 14. The summed E-state index contributed by atoms with van der Waals surface area (Å²) in [5.74, 6) is 0.627. The predicted octanol–water partition coefficient (Wildman–Crippen LogP) is 6.51. The first-order valence-electron chi connectivity index (χ1n) is 20.8. The summed E-state index contributed by atoms with van der Waals surface area (Å²) in [5.41, 5.74) is 2.18. The van der Waals surface area contributed by atoms with Crippen LogP contribution in [0.2, 0.25) is 0 Å². The number of alkyl carbamates (subject to hydrolysis) is 1. The van der Waals surface area contributed by atoms with Crippen LogP contribution in [-0.2, 0) is 31.6 Å². The van der Waals surface area contributed by atoms with E-state index in [2.05, 4.69) is 10.3 Å². The van der Waals surface area contributed by atoms with Crippen molar-refractivity contribution in [3.63, 3.8) is 0 Å². The van der Waals surface area contributed by atoms with Crippen molar-refractivity contribution < 1.29 is 43.1 Å². The lowest BCUT2D eigenvalue weighted by Gasteiger charge is -2.37. The number of benzene rings is 4. The van der Waals surface area contributed by atoms with Crippen LogP contribution in [-0.4, -0.2) is 83.6 Å². The molecule has 0 aliphatic carbocycles. The van der Waals surface area contributed by atoms with Gasteiger partial charge in [0.25, 0.3) is 0 Å². The van der Waals surface area contributed by atoms with E-state index in [9.17, 15) is 19.5 Å². The monoisotopic (exact) mass is 894 g/mol. The number of aliphatic hydroxyl groups is 1. The Morgan fingerprint density at radius 3 is 2.14 bits per heavy atom. The number of rotatable bonds is 15. The maximum atomic E-state index is 13.7. The fraction of sp³-hybridized carbons (Fsp3) is 0.271. The smallest absolute Gasteiger partial charge is 0.421 e. The molecule has 3 heterocycles. The van der Waals surface area contributed by atoms with Gasteiger partial charge in [-0.05, 0) is 59.2 Å². The molecule has 0 unspecified atom stereocenters. The van der Waals surface area contributed by atoms with Crippen molar-refractivity contribution in [2.75, 3.05) is 38.9 Å². The molecule has 66 heavy (non-hydrogen) atoms. The minimum absolute atomic E-state index is 0.0679. The molecular weight excluding hydrogens is 849 g/mol. The summed E-state index contributed by atoms with van der Waals surface area (Å²) in [7, 11) is 4.91. The molecule has 0 spiro atoms. The second-order valence-electron chi connectivity index (χ2n) is 15.0. The molecule has 1 aliphatic heterocycles. The van der Waals surface area contributed by atoms with Gasteiger partial charge in [-0.1, -0.05) is 66.7 Å². The number of nitrogens with one attached hydrogen (secondary N) is 2. The van der Waals surface area contributed by atoms with Crippen molar-refractivity contribution in [2.24, 2.45) is 7.05 Å². The molecule has 7 rings (SSSR count). The van der Waals surface area contributed by atoms with Crippen LogP contribution >= 0.6 is 0 Å². The number of methoxy groups -OCH3 is 2. The number of aromatic nitrogens is 3. The summed E-state index contributed by atoms with van der Waals surface area (Å²) in [5, 5.41) is 40.5. The van der Waals surface area contributed by atoms with E-state index in [1.165, 1.54) is 10.6 Å². The van der Waals surface area contributed by atoms with E-state index in [1.807, 2.05) is 91.0 Å². The van der Waals surface area contributed by atoms with Crippen LogP contribution in [0.3, 0.4) is 0 Å². The molecule has 0 radical (unpaired) electrons. The first-order valence-corrected chi connectivity index (χ1v) is 20.8. The Morgan fingerprint density at radius 1 is 0.894 bits per heavy atom. The molecule has 6 aromatic rings. The summed E-state index contributed by atoms with van der Waals surface area (Å²) in [6.45, 7) is -0.569. The lowest BCUT2D eigenvalue weighted by molar-refractivity contribution is -0.0943. The van der Waals surface area contributed by atoms with Gasteiger partial charge in [0.05, 0.1) is 63.3 Å². The van der Waals surface area contributed by atoms with Crippen molar-refractivity contribution in [3.05, 3.63) is 143 Å². The highest BCUT2D eigenvalue weighted by Gasteiger charge is 2.42. The van der Waals surface area contributed by atoms with Crippen LogP contribution in [0.4, 0.5) is 15.3 Å². The van der Waals surface area contributed by atoms with E-state index < -0.39 is 47.9 Å². The number of carbonyl (C=O) groups is 2. The number of aryl methyl sites for hydroxylation is 1. The summed E-state index contributed by atoms with van der Waals surface area (Å²) >= 11 is 0. The van der Waals surface area contributed by atoms with E-state index in [1.54, 1.807) is 56.3 Å². The third-order valence-corrected chi connectivity index (χ3v) is 11.0. The van der Waals surface area contributed by atoms with Crippen molar-refractivity contribution >= 4 is 34.9 Å². The maximum absolute atomic E-state index is 13.7. The van der Waals surface area contributed by atoms with Crippen LogP contribution in [0, 0.1) is 28.1 Å². The first-order chi connectivity index (χ1) is 32.0. The van der Waals surface area contributed by atoms with Gasteiger partial charge >= 0.3 is 17.9 Å². The SMILES string of the molecule is COc1ccc(C(OC[C@H]2O[C@@H](n3cc4cc(-c5cccc(N(C(=N)NC(=O)OCCC#N)C(=O)OCCC#N)c5)n(C)c4nc3=O)C[C@@H]2O)(c2ccccc2)c2ccc(OC)cc2)cc1. The average Bonchev–Trinajstić information content (AvgIpc) is 3.87. The number of anilines is 1. The van der Waals surface area contributed by atoms with E-state index in [0.29, 0.717) is 33.8 Å². The van der Waals surface area contributed by atoms with E-state index >= 15 is 0 Å². The number of carbonyl (C=O) groups excluding carboxylic acids is 2. The van der Waals surface area contributed by atoms with Crippen molar-refractivity contribution in [3.8, 4) is 34.9 Å².